The molecule has 0 atom stereocenters. The van der Waals surface area contributed by atoms with E-state index < -0.39 is 0 Å². The Morgan fingerprint density at radius 2 is 2.05 bits per heavy atom. The zero-order valence-corrected chi connectivity index (χ0v) is 13.7. The Morgan fingerprint density at radius 3 is 2.80 bits per heavy atom. The van der Waals surface area contributed by atoms with Crippen molar-refractivity contribution in [1.82, 2.24) is 5.32 Å². The maximum Gasteiger partial charge on any atom is 0.131 e. The second-order valence-corrected chi connectivity index (χ2v) is 5.84. The molecule has 0 amide bonds. The largest absolute Gasteiger partial charge is 0.457 e. The lowest BCUT2D eigenvalue weighted by Crippen LogP contribution is -2.14. The minimum atomic E-state index is 0.672. The third-order valence-corrected chi connectivity index (χ3v) is 3.52. The van der Waals surface area contributed by atoms with Gasteiger partial charge in [0.15, 0.2) is 0 Å². The van der Waals surface area contributed by atoms with Crippen molar-refractivity contribution in [2.75, 3.05) is 6.54 Å². The van der Waals surface area contributed by atoms with Crippen molar-refractivity contribution in [2.24, 2.45) is 0 Å². The van der Waals surface area contributed by atoms with Gasteiger partial charge in [0.05, 0.1) is 0 Å². The van der Waals surface area contributed by atoms with E-state index >= 15 is 0 Å². The van der Waals surface area contributed by atoms with Crippen molar-refractivity contribution in [1.29, 1.82) is 0 Å². The van der Waals surface area contributed by atoms with Crippen LogP contribution in [0.15, 0.2) is 46.9 Å². The van der Waals surface area contributed by atoms with E-state index in [1.807, 2.05) is 36.4 Å². The summed E-state index contributed by atoms with van der Waals surface area (Å²) in [6, 6.07) is 13.4. The zero-order chi connectivity index (χ0) is 14.4. The molecule has 4 heteroatoms. The molecule has 0 aliphatic carbocycles. The van der Waals surface area contributed by atoms with E-state index in [2.05, 4.69) is 34.2 Å². The van der Waals surface area contributed by atoms with Crippen LogP contribution in [0, 0.1) is 0 Å². The van der Waals surface area contributed by atoms with Crippen LogP contribution in [0.3, 0.4) is 0 Å². The van der Waals surface area contributed by atoms with E-state index in [-0.39, 0.29) is 0 Å². The Bertz CT molecular complexity index is 574. The summed E-state index contributed by atoms with van der Waals surface area (Å²) in [5.41, 5.74) is 1.12. The van der Waals surface area contributed by atoms with Crippen molar-refractivity contribution in [2.45, 2.75) is 19.9 Å². The average molecular weight is 355 g/mol. The third-order valence-electron chi connectivity index (χ3n) is 2.79. The molecular formula is C16H17BrClNO. The lowest BCUT2D eigenvalue weighted by Gasteiger charge is -2.12. The van der Waals surface area contributed by atoms with E-state index in [4.69, 9.17) is 16.3 Å². The van der Waals surface area contributed by atoms with Gasteiger partial charge in [0.25, 0.3) is 0 Å². The number of hydrogen-bond donors (Lipinski definition) is 1. The molecule has 0 aliphatic rings. The van der Waals surface area contributed by atoms with E-state index in [1.54, 1.807) is 0 Å². The molecular weight excluding hydrogens is 338 g/mol. The summed E-state index contributed by atoms with van der Waals surface area (Å²) in [4.78, 5) is 0. The number of benzene rings is 2. The van der Waals surface area contributed by atoms with Crippen molar-refractivity contribution < 1.29 is 4.74 Å². The lowest BCUT2D eigenvalue weighted by molar-refractivity contribution is 0.472. The summed E-state index contributed by atoms with van der Waals surface area (Å²) in [5, 5.41) is 4.06. The van der Waals surface area contributed by atoms with Gasteiger partial charge < -0.3 is 10.1 Å². The molecule has 0 aliphatic heterocycles. The highest BCUT2D eigenvalue weighted by Gasteiger charge is 2.06. The molecule has 0 saturated heterocycles. The molecule has 2 aromatic rings. The molecule has 106 valence electrons. The van der Waals surface area contributed by atoms with Crippen LogP contribution >= 0.6 is 27.5 Å². The smallest absolute Gasteiger partial charge is 0.131 e. The monoisotopic (exact) mass is 353 g/mol. The molecule has 0 heterocycles. The number of rotatable bonds is 6. The molecule has 0 spiro atoms. The van der Waals surface area contributed by atoms with E-state index in [0.717, 1.165) is 41.0 Å². The molecule has 0 bridgehead atoms. The highest BCUT2D eigenvalue weighted by molar-refractivity contribution is 9.10. The van der Waals surface area contributed by atoms with Gasteiger partial charge in [0.1, 0.15) is 11.5 Å². The summed E-state index contributed by atoms with van der Waals surface area (Å²) in [6.07, 6.45) is 1.11. The first-order chi connectivity index (χ1) is 9.69. The van der Waals surface area contributed by atoms with Crippen LogP contribution in [0.2, 0.25) is 5.02 Å². The van der Waals surface area contributed by atoms with Crippen LogP contribution in [0.4, 0.5) is 0 Å². The number of ether oxygens (including phenoxy) is 1. The van der Waals surface area contributed by atoms with Gasteiger partial charge in [0, 0.05) is 21.6 Å². The zero-order valence-electron chi connectivity index (χ0n) is 11.3. The predicted molar refractivity (Wildman–Crippen MR) is 87.7 cm³/mol. The normalized spacial score (nSPS) is 10.6. The number of nitrogens with one attached hydrogen (secondary N) is 1. The summed E-state index contributed by atoms with van der Waals surface area (Å²) in [6.45, 7) is 3.92. The first-order valence-electron chi connectivity index (χ1n) is 6.61. The maximum atomic E-state index is 5.98. The Balaban J connectivity index is 2.17. The number of hydrogen-bond acceptors (Lipinski definition) is 2. The van der Waals surface area contributed by atoms with Crippen LogP contribution in [-0.2, 0) is 6.54 Å². The molecule has 0 radical (unpaired) electrons. The predicted octanol–water partition coefficient (Wildman–Crippen LogP) is 5.39. The standard InChI is InChI=1S/C16H17BrClNO/c1-2-8-19-11-12-9-13(17)6-7-16(12)20-15-5-3-4-14(18)10-15/h3-7,9-10,19H,2,8,11H2,1H3. The molecule has 2 rings (SSSR count). The fourth-order valence-corrected chi connectivity index (χ4v) is 2.43. The van der Waals surface area contributed by atoms with Crippen LogP contribution in [0.1, 0.15) is 18.9 Å². The van der Waals surface area contributed by atoms with Crippen molar-refractivity contribution in [3.63, 3.8) is 0 Å². The first kappa shape index (κ1) is 15.4. The van der Waals surface area contributed by atoms with E-state index in [0.29, 0.717) is 5.02 Å². The number of halogens is 2. The second kappa shape index (κ2) is 7.67. The van der Waals surface area contributed by atoms with Crippen molar-refractivity contribution in [3.8, 4) is 11.5 Å². The maximum absolute atomic E-state index is 5.98. The van der Waals surface area contributed by atoms with Crippen LogP contribution < -0.4 is 10.1 Å². The quantitative estimate of drug-likeness (QED) is 0.702. The molecule has 0 saturated carbocycles. The third kappa shape index (κ3) is 4.51. The first-order valence-corrected chi connectivity index (χ1v) is 7.78. The van der Waals surface area contributed by atoms with Gasteiger partial charge in [-0.3, -0.25) is 0 Å². The molecule has 1 N–H and O–H groups in total. The van der Waals surface area contributed by atoms with Crippen LogP contribution in [-0.4, -0.2) is 6.54 Å². The van der Waals surface area contributed by atoms with Gasteiger partial charge >= 0.3 is 0 Å². The molecule has 0 unspecified atom stereocenters. The van der Waals surface area contributed by atoms with Gasteiger partial charge in [-0.1, -0.05) is 40.5 Å². The molecule has 0 aromatic heterocycles. The molecule has 2 aromatic carbocycles. The second-order valence-electron chi connectivity index (χ2n) is 4.49. The molecule has 2 nitrogen and oxygen atoms in total. The fourth-order valence-electron chi connectivity index (χ4n) is 1.84. The van der Waals surface area contributed by atoms with Crippen LogP contribution in [0.25, 0.3) is 0 Å². The minimum absolute atomic E-state index is 0.672. The lowest BCUT2D eigenvalue weighted by atomic mass is 10.2. The Morgan fingerprint density at radius 1 is 1.20 bits per heavy atom. The van der Waals surface area contributed by atoms with Gasteiger partial charge in [-0.25, -0.2) is 0 Å². The highest BCUT2D eigenvalue weighted by atomic mass is 79.9. The van der Waals surface area contributed by atoms with Gasteiger partial charge in [-0.15, -0.1) is 0 Å². The van der Waals surface area contributed by atoms with Crippen molar-refractivity contribution in [3.05, 3.63) is 57.5 Å². The minimum Gasteiger partial charge on any atom is -0.457 e. The molecule has 0 fully saturated rings. The van der Waals surface area contributed by atoms with Crippen LogP contribution in [0.5, 0.6) is 11.5 Å². The Kier molecular flexibility index (Phi) is 5.89. The Labute approximate surface area is 133 Å². The van der Waals surface area contributed by atoms with Gasteiger partial charge in [-0.05, 0) is 49.4 Å². The fraction of sp³-hybridized carbons (Fsp3) is 0.250. The van der Waals surface area contributed by atoms with E-state index in [1.165, 1.54) is 0 Å². The average Bonchev–Trinajstić information content (AvgIpc) is 2.42. The van der Waals surface area contributed by atoms with Gasteiger partial charge in [-0.2, -0.15) is 0 Å². The van der Waals surface area contributed by atoms with Gasteiger partial charge in [0.2, 0.25) is 0 Å². The summed E-state index contributed by atoms with van der Waals surface area (Å²) in [7, 11) is 0. The Hall–Kier alpha value is -1.03. The molecule has 20 heavy (non-hydrogen) atoms. The van der Waals surface area contributed by atoms with E-state index in [9.17, 15) is 0 Å². The summed E-state index contributed by atoms with van der Waals surface area (Å²) < 4.78 is 6.98. The summed E-state index contributed by atoms with van der Waals surface area (Å²) in [5.74, 6) is 1.59. The SMILES string of the molecule is CCCNCc1cc(Br)ccc1Oc1cccc(Cl)c1. The highest BCUT2D eigenvalue weighted by Crippen LogP contribution is 2.29. The van der Waals surface area contributed by atoms with Crippen molar-refractivity contribution >= 4 is 27.5 Å². The topological polar surface area (TPSA) is 21.3 Å². The summed E-state index contributed by atoms with van der Waals surface area (Å²) >= 11 is 9.48.